The summed E-state index contributed by atoms with van der Waals surface area (Å²) in [5.74, 6) is -0.451. The van der Waals surface area contributed by atoms with Gasteiger partial charge in [0.25, 0.3) is 5.56 Å². The van der Waals surface area contributed by atoms with E-state index >= 15 is 0 Å². The first-order valence-electron chi connectivity index (χ1n) is 10.5. The van der Waals surface area contributed by atoms with Gasteiger partial charge >= 0.3 is 0 Å². The molecule has 2 N–H and O–H groups in total. The highest BCUT2D eigenvalue weighted by Crippen LogP contribution is 2.27. The van der Waals surface area contributed by atoms with Crippen molar-refractivity contribution in [3.05, 3.63) is 87.1 Å². The number of fused-ring (bicyclic) bond motifs is 1. The molecule has 0 unspecified atom stereocenters. The quantitative estimate of drug-likeness (QED) is 0.245. The minimum absolute atomic E-state index is 0.178. The maximum atomic E-state index is 13.4. The third-order valence-electron chi connectivity index (χ3n) is 5.01. The van der Waals surface area contributed by atoms with Gasteiger partial charge in [-0.05, 0) is 73.7 Å². The Labute approximate surface area is 215 Å². The number of rotatable bonds is 6. The van der Waals surface area contributed by atoms with E-state index in [1.165, 1.54) is 11.5 Å². The molecule has 0 radical (unpaired) electrons. The summed E-state index contributed by atoms with van der Waals surface area (Å²) < 4.78 is 1.46. The average molecular weight is 527 g/mol. The minimum atomic E-state index is -0.591. The number of aromatic nitrogens is 2. The second kappa shape index (κ2) is 10.5. The van der Waals surface area contributed by atoms with Crippen molar-refractivity contribution < 1.29 is 9.59 Å². The molecule has 0 saturated carbocycles. The van der Waals surface area contributed by atoms with Crippen molar-refractivity contribution in [3.8, 4) is 5.69 Å². The molecule has 0 saturated heterocycles. The van der Waals surface area contributed by atoms with Crippen molar-refractivity contribution in [2.45, 2.75) is 24.3 Å². The van der Waals surface area contributed by atoms with Crippen LogP contribution in [0.25, 0.3) is 16.6 Å². The van der Waals surface area contributed by atoms with Crippen molar-refractivity contribution in [1.29, 1.82) is 0 Å². The highest BCUT2D eigenvalue weighted by atomic mass is 35.5. The zero-order valence-corrected chi connectivity index (χ0v) is 21.0. The molecular weight excluding hydrogens is 507 g/mol. The molecule has 0 bridgehead atoms. The zero-order valence-electron chi connectivity index (χ0n) is 18.7. The van der Waals surface area contributed by atoms with Crippen molar-refractivity contribution in [3.63, 3.8) is 0 Å². The number of benzene rings is 3. The van der Waals surface area contributed by atoms with Gasteiger partial charge in [0.1, 0.15) is 0 Å². The summed E-state index contributed by atoms with van der Waals surface area (Å²) in [5.41, 5.74) is 1.94. The molecule has 1 atom stereocenters. The van der Waals surface area contributed by atoms with Crippen LogP contribution in [-0.2, 0) is 9.59 Å². The molecule has 1 heterocycles. The summed E-state index contributed by atoms with van der Waals surface area (Å²) in [5, 5.41) is 6.67. The van der Waals surface area contributed by atoms with E-state index in [9.17, 15) is 14.4 Å². The van der Waals surface area contributed by atoms with Gasteiger partial charge in [-0.1, -0.05) is 35.0 Å². The first-order chi connectivity index (χ1) is 16.7. The lowest BCUT2D eigenvalue weighted by atomic mass is 10.2. The smallest absolute Gasteiger partial charge is 0.266 e. The number of thioether (sulfide) groups is 1. The Balaban J connectivity index is 1.64. The molecule has 10 heteroatoms. The van der Waals surface area contributed by atoms with Gasteiger partial charge in [0, 0.05) is 28.3 Å². The van der Waals surface area contributed by atoms with Gasteiger partial charge in [0.05, 0.1) is 21.8 Å². The van der Waals surface area contributed by atoms with Crippen LogP contribution in [0.5, 0.6) is 0 Å². The molecule has 4 aromatic rings. The number of carbonyl (C=O) groups is 2. The Morgan fingerprint density at radius 3 is 2.14 bits per heavy atom. The van der Waals surface area contributed by atoms with Crippen LogP contribution in [0, 0.1) is 0 Å². The van der Waals surface area contributed by atoms with Crippen LogP contribution >= 0.6 is 35.0 Å². The van der Waals surface area contributed by atoms with Crippen molar-refractivity contribution >= 4 is 69.1 Å². The average Bonchev–Trinajstić information content (AvgIpc) is 2.81. The number of anilines is 2. The van der Waals surface area contributed by atoms with Crippen LogP contribution < -0.4 is 16.2 Å². The van der Waals surface area contributed by atoms with E-state index in [1.54, 1.807) is 73.7 Å². The Morgan fingerprint density at radius 2 is 1.51 bits per heavy atom. The summed E-state index contributed by atoms with van der Waals surface area (Å²) in [6, 6.07) is 18.5. The topological polar surface area (TPSA) is 93.1 Å². The number of nitrogens with one attached hydrogen (secondary N) is 2. The molecule has 0 aliphatic heterocycles. The third-order valence-corrected chi connectivity index (χ3v) is 6.55. The predicted molar refractivity (Wildman–Crippen MR) is 142 cm³/mol. The van der Waals surface area contributed by atoms with Gasteiger partial charge in [-0.15, -0.1) is 0 Å². The van der Waals surface area contributed by atoms with Crippen LogP contribution in [0.15, 0.2) is 76.7 Å². The number of hydrogen-bond donors (Lipinski definition) is 2. The largest absolute Gasteiger partial charge is 0.326 e. The van der Waals surface area contributed by atoms with Crippen LogP contribution in [0.1, 0.15) is 13.8 Å². The summed E-state index contributed by atoms with van der Waals surface area (Å²) >= 11 is 13.3. The molecule has 35 heavy (non-hydrogen) atoms. The maximum Gasteiger partial charge on any atom is 0.266 e. The highest BCUT2D eigenvalue weighted by Gasteiger charge is 2.21. The highest BCUT2D eigenvalue weighted by molar-refractivity contribution is 8.00. The van der Waals surface area contributed by atoms with E-state index in [2.05, 4.69) is 15.6 Å². The molecule has 0 aliphatic rings. The normalized spacial score (nSPS) is 11.8. The molecule has 3 aromatic carbocycles. The summed E-state index contributed by atoms with van der Waals surface area (Å²) in [7, 11) is 0. The van der Waals surface area contributed by atoms with E-state index in [0.29, 0.717) is 43.2 Å². The molecule has 1 aromatic heterocycles. The van der Waals surface area contributed by atoms with E-state index in [1.807, 2.05) is 0 Å². The first-order valence-corrected chi connectivity index (χ1v) is 12.2. The van der Waals surface area contributed by atoms with Gasteiger partial charge < -0.3 is 10.6 Å². The van der Waals surface area contributed by atoms with Crippen LogP contribution in [-0.4, -0.2) is 26.6 Å². The number of amides is 2. The molecule has 2 amide bonds. The SMILES string of the molecule is CC(=O)Nc1ccc(NC(=O)[C@H](C)Sc2nc3cc(Cl)ccc3c(=O)n2-c2ccc(Cl)cc2)cc1. The second-order valence-electron chi connectivity index (χ2n) is 7.68. The fraction of sp³-hybridized carbons (Fsp3) is 0.120. The van der Waals surface area contributed by atoms with E-state index in [0.717, 1.165) is 11.8 Å². The first kappa shape index (κ1) is 24.8. The maximum absolute atomic E-state index is 13.4. The fourth-order valence-electron chi connectivity index (χ4n) is 3.33. The molecule has 4 rings (SSSR count). The molecule has 178 valence electrons. The number of hydrogen-bond acceptors (Lipinski definition) is 5. The van der Waals surface area contributed by atoms with Crippen molar-refractivity contribution in [2.24, 2.45) is 0 Å². The Bertz CT molecular complexity index is 1470. The van der Waals surface area contributed by atoms with Gasteiger partial charge in [-0.3, -0.25) is 19.0 Å². The van der Waals surface area contributed by atoms with Crippen molar-refractivity contribution in [2.75, 3.05) is 10.6 Å². The molecule has 7 nitrogen and oxygen atoms in total. The summed E-state index contributed by atoms with van der Waals surface area (Å²) in [6.07, 6.45) is 0. The van der Waals surface area contributed by atoms with E-state index < -0.39 is 5.25 Å². The van der Waals surface area contributed by atoms with Gasteiger partial charge in [-0.25, -0.2) is 4.98 Å². The molecular formula is C25H20Cl2N4O3S. The lowest BCUT2D eigenvalue weighted by Gasteiger charge is -2.17. The van der Waals surface area contributed by atoms with Gasteiger partial charge in [-0.2, -0.15) is 0 Å². The van der Waals surface area contributed by atoms with E-state index in [-0.39, 0.29) is 17.4 Å². The zero-order chi connectivity index (χ0) is 25.1. The van der Waals surface area contributed by atoms with E-state index in [4.69, 9.17) is 23.2 Å². The van der Waals surface area contributed by atoms with Crippen LogP contribution in [0.4, 0.5) is 11.4 Å². The minimum Gasteiger partial charge on any atom is -0.326 e. The third kappa shape index (κ3) is 5.85. The predicted octanol–water partition coefficient (Wildman–Crippen LogP) is 5.77. The summed E-state index contributed by atoms with van der Waals surface area (Å²) in [6.45, 7) is 3.15. The fourth-order valence-corrected chi connectivity index (χ4v) is 4.55. The second-order valence-corrected chi connectivity index (χ2v) is 9.86. The van der Waals surface area contributed by atoms with Gasteiger partial charge in [0.15, 0.2) is 5.16 Å². The molecule has 0 fully saturated rings. The Morgan fingerprint density at radius 1 is 0.914 bits per heavy atom. The summed E-state index contributed by atoms with van der Waals surface area (Å²) in [4.78, 5) is 42.2. The molecule has 0 spiro atoms. The van der Waals surface area contributed by atoms with Crippen LogP contribution in [0.3, 0.4) is 0 Å². The standard InChI is InChI=1S/C25H20Cl2N4O3S/c1-14(23(33)29-19-8-6-18(7-9-19)28-15(2)32)35-25-30-22-13-17(27)5-12-21(22)24(34)31(25)20-10-3-16(26)4-11-20/h3-14H,1-2H3,(H,28,32)(H,29,33)/t14-/m0/s1. The monoisotopic (exact) mass is 526 g/mol. The number of halogens is 2. The Kier molecular flexibility index (Phi) is 7.45. The lowest BCUT2D eigenvalue weighted by Crippen LogP contribution is -2.26. The van der Waals surface area contributed by atoms with Crippen LogP contribution in [0.2, 0.25) is 10.0 Å². The van der Waals surface area contributed by atoms with Crippen molar-refractivity contribution in [1.82, 2.24) is 9.55 Å². The lowest BCUT2D eigenvalue weighted by molar-refractivity contribution is -0.115. The number of nitrogens with zero attached hydrogens (tertiary/aromatic N) is 2. The molecule has 0 aliphatic carbocycles. The van der Waals surface area contributed by atoms with Gasteiger partial charge in [0.2, 0.25) is 11.8 Å². The number of carbonyl (C=O) groups excluding carboxylic acids is 2. The Hall–Kier alpha value is -3.33.